The second-order valence-corrected chi connectivity index (χ2v) is 7.12. The highest BCUT2D eigenvalue weighted by Gasteiger charge is 2.15. The average molecular weight is 429 g/mol. The summed E-state index contributed by atoms with van der Waals surface area (Å²) in [5.74, 6) is 2.43. The van der Waals surface area contributed by atoms with Gasteiger partial charge in [0, 0.05) is 22.4 Å². The lowest BCUT2D eigenvalue weighted by Crippen LogP contribution is -1.99. The van der Waals surface area contributed by atoms with Crippen molar-refractivity contribution in [1.29, 1.82) is 0 Å². The number of halogens is 1. The van der Waals surface area contributed by atoms with E-state index in [2.05, 4.69) is 20.3 Å². The van der Waals surface area contributed by atoms with E-state index in [9.17, 15) is 0 Å². The lowest BCUT2D eigenvalue weighted by atomic mass is 10.1. The smallest absolute Gasteiger partial charge is 0.224 e. The Labute approximate surface area is 176 Å². The normalized spacial score (nSPS) is 10.8. The van der Waals surface area contributed by atoms with Crippen molar-refractivity contribution in [1.82, 2.24) is 15.0 Å². The van der Waals surface area contributed by atoms with Crippen molar-refractivity contribution in [3.05, 3.63) is 47.1 Å². The van der Waals surface area contributed by atoms with Gasteiger partial charge in [0.25, 0.3) is 0 Å². The molecule has 2 aromatic heterocycles. The first kappa shape index (κ1) is 19.2. The van der Waals surface area contributed by atoms with Gasteiger partial charge in [-0.15, -0.1) is 11.3 Å². The number of ether oxygens (including phenoxy) is 3. The van der Waals surface area contributed by atoms with Crippen molar-refractivity contribution in [2.45, 2.75) is 0 Å². The van der Waals surface area contributed by atoms with Crippen LogP contribution in [0.3, 0.4) is 0 Å². The van der Waals surface area contributed by atoms with Gasteiger partial charge in [0.15, 0.2) is 16.6 Å². The van der Waals surface area contributed by atoms with Gasteiger partial charge >= 0.3 is 0 Å². The van der Waals surface area contributed by atoms with Crippen LogP contribution in [-0.4, -0.2) is 36.3 Å². The molecule has 0 spiro atoms. The van der Waals surface area contributed by atoms with E-state index in [1.54, 1.807) is 27.4 Å². The number of aromatic nitrogens is 3. The van der Waals surface area contributed by atoms with E-state index in [0.717, 1.165) is 22.4 Å². The van der Waals surface area contributed by atoms with Crippen molar-refractivity contribution in [3.63, 3.8) is 0 Å². The van der Waals surface area contributed by atoms with Crippen molar-refractivity contribution in [2.75, 3.05) is 26.6 Å². The zero-order chi connectivity index (χ0) is 20.4. The van der Waals surface area contributed by atoms with E-state index >= 15 is 0 Å². The maximum Gasteiger partial charge on any atom is 0.224 e. The molecule has 0 fully saturated rings. The fraction of sp³-hybridized carbons (Fsp3) is 0.150. The minimum atomic E-state index is 0.119. The van der Waals surface area contributed by atoms with Crippen molar-refractivity contribution < 1.29 is 14.2 Å². The molecule has 0 saturated heterocycles. The summed E-state index contributed by atoms with van der Waals surface area (Å²) in [4.78, 5) is 13.3. The number of para-hydroxylation sites is 1. The Bertz CT molecular complexity index is 1180. The number of hydrogen-bond acceptors (Lipinski definition) is 8. The van der Waals surface area contributed by atoms with Crippen LogP contribution in [0.25, 0.3) is 22.2 Å². The molecule has 4 aromatic rings. The van der Waals surface area contributed by atoms with Crippen molar-refractivity contribution in [2.24, 2.45) is 0 Å². The number of methoxy groups -OCH3 is 3. The van der Waals surface area contributed by atoms with Crippen molar-refractivity contribution >= 4 is 44.8 Å². The molecule has 2 heterocycles. The van der Waals surface area contributed by atoms with Crippen LogP contribution in [0.5, 0.6) is 17.2 Å². The zero-order valence-corrected chi connectivity index (χ0v) is 17.5. The molecule has 0 radical (unpaired) electrons. The molecule has 0 aliphatic carbocycles. The molecule has 7 nitrogen and oxygen atoms in total. The summed E-state index contributed by atoms with van der Waals surface area (Å²) in [6.45, 7) is 0. The topological polar surface area (TPSA) is 78.4 Å². The monoisotopic (exact) mass is 428 g/mol. The van der Waals surface area contributed by atoms with Crippen molar-refractivity contribution in [3.8, 4) is 28.5 Å². The quantitative estimate of drug-likeness (QED) is 0.424. The minimum absolute atomic E-state index is 0.119. The number of benzene rings is 2. The first-order valence-corrected chi connectivity index (χ1v) is 9.84. The van der Waals surface area contributed by atoms with Crippen LogP contribution >= 0.6 is 22.9 Å². The Kier molecular flexibility index (Phi) is 5.37. The number of hydrogen-bond donors (Lipinski definition) is 1. The molecule has 0 amide bonds. The van der Waals surface area contributed by atoms with E-state index in [4.69, 9.17) is 25.8 Å². The van der Waals surface area contributed by atoms with E-state index in [0.29, 0.717) is 28.0 Å². The fourth-order valence-electron chi connectivity index (χ4n) is 2.93. The summed E-state index contributed by atoms with van der Waals surface area (Å²) in [6, 6.07) is 11.3. The minimum Gasteiger partial charge on any atom is -0.496 e. The van der Waals surface area contributed by atoms with Gasteiger partial charge in [0.05, 0.1) is 32.5 Å². The highest BCUT2D eigenvalue weighted by atomic mass is 35.5. The van der Waals surface area contributed by atoms with Crippen LogP contribution in [0.1, 0.15) is 0 Å². The lowest BCUT2D eigenvalue weighted by Gasteiger charge is -2.11. The Hall–Kier alpha value is -3.10. The third-order valence-corrected chi connectivity index (χ3v) is 5.21. The number of thiazole rings is 1. The Morgan fingerprint density at radius 2 is 1.62 bits per heavy atom. The average Bonchev–Trinajstić information content (AvgIpc) is 3.21. The predicted molar refractivity (Wildman–Crippen MR) is 115 cm³/mol. The molecular formula is C20H17ClN4O3S. The summed E-state index contributed by atoms with van der Waals surface area (Å²) >= 11 is 7.59. The van der Waals surface area contributed by atoms with Gasteiger partial charge in [-0.3, -0.25) is 0 Å². The summed E-state index contributed by atoms with van der Waals surface area (Å²) in [6.07, 6.45) is 0. The molecule has 0 unspecified atom stereocenters. The maximum absolute atomic E-state index is 6.13. The molecule has 2 aromatic carbocycles. The van der Waals surface area contributed by atoms with Gasteiger partial charge < -0.3 is 19.5 Å². The van der Waals surface area contributed by atoms with Gasteiger partial charge in [0.2, 0.25) is 5.28 Å². The van der Waals surface area contributed by atoms with Crippen LogP contribution < -0.4 is 19.5 Å². The number of anilines is 2. The molecule has 148 valence electrons. The zero-order valence-electron chi connectivity index (χ0n) is 15.9. The second kappa shape index (κ2) is 8.10. The number of nitrogens with one attached hydrogen (secondary N) is 1. The lowest BCUT2D eigenvalue weighted by molar-refractivity contribution is 0.356. The third kappa shape index (κ3) is 3.76. The number of nitrogens with zero attached hydrogens (tertiary/aromatic N) is 3. The largest absolute Gasteiger partial charge is 0.496 e. The third-order valence-electron chi connectivity index (χ3n) is 4.29. The van der Waals surface area contributed by atoms with Crippen LogP contribution in [0.4, 0.5) is 10.9 Å². The van der Waals surface area contributed by atoms with E-state index in [1.807, 2.05) is 35.7 Å². The molecule has 0 aliphatic heterocycles. The van der Waals surface area contributed by atoms with Crippen LogP contribution in [0, 0.1) is 0 Å². The van der Waals surface area contributed by atoms with E-state index < -0.39 is 0 Å². The maximum atomic E-state index is 6.13. The van der Waals surface area contributed by atoms with E-state index in [1.165, 1.54) is 11.3 Å². The highest BCUT2D eigenvalue weighted by Crippen LogP contribution is 2.37. The standard InChI is InChI=1S/C20H17ClN4O3S/c1-26-15-7-5-4-6-11(15)14-10-29-20(23-14)25-18-12-8-16(27-2)17(28-3)9-13(12)22-19(21)24-18/h4-10H,1-3H3,(H,22,23,24,25). The van der Waals surface area contributed by atoms with Crippen LogP contribution in [-0.2, 0) is 0 Å². The van der Waals surface area contributed by atoms with Crippen LogP contribution in [0.2, 0.25) is 5.28 Å². The summed E-state index contributed by atoms with van der Waals surface area (Å²) in [7, 11) is 4.79. The van der Waals surface area contributed by atoms with Gasteiger partial charge in [-0.05, 0) is 29.8 Å². The summed E-state index contributed by atoms with van der Waals surface area (Å²) in [5.41, 5.74) is 2.35. The number of fused-ring (bicyclic) bond motifs is 1. The molecule has 0 saturated carbocycles. The number of rotatable bonds is 6. The Balaban J connectivity index is 1.74. The summed E-state index contributed by atoms with van der Waals surface area (Å²) < 4.78 is 16.2. The Morgan fingerprint density at radius 1 is 0.897 bits per heavy atom. The summed E-state index contributed by atoms with van der Waals surface area (Å²) in [5, 5.41) is 6.71. The molecule has 1 N–H and O–H groups in total. The van der Waals surface area contributed by atoms with E-state index in [-0.39, 0.29) is 5.28 Å². The first-order valence-electron chi connectivity index (χ1n) is 8.58. The fourth-order valence-corrected chi connectivity index (χ4v) is 3.82. The first-order chi connectivity index (χ1) is 14.1. The highest BCUT2D eigenvalue weighted by molar-refractivity contribution is 7.14. The van der Waals surface area contributed by atoms with Gasteiger partial charge in [-0.2, -0.15) is 4.98 Å². The SMILES string of the molecule is COc1cc2nc(Cl)nc(Nc3nc(-c4ccccc4OC)cs3)c2cc1OC. The van der Waals surface area contributed by atoms with Crippen LogP contribution in [0.15, 0.2) is 41.8 Å². The molecular weight excluding hydrogens is 412 g/mol. The molecule has 0 atom stereocenters. The molecule has 9 heteroatoms. The predicted octanol–water partition coefficient (Wildman–Crippen LogP) is 5.18. The molecule has 0 bridgehead atoms. The molecule has 4 rings (SSSR count). The van der Waals surface area contributed by atoms with Gasteiger partial charge in [-0.1, -0.05) is 12.1 Å². The van der Waals surface area contributed by atoms with Gasteiger partial charge in [0.1, 0.15) is 11.6 Å². The Morgan fingerprint density at radius 3 is 2.38 bits per heavy atom. The van der Waals surface area contributed by atoms with Gasteiger partial charge in [-0.25, -0.2) is 9.97 Å². The second-order valence-electron chi connectivity index (χ2n) is 5.93. The molecule has 0 aliphatic rings. The molecule has 29 heavy (non-hydrogen) atoms.